The molecule has 8 heteroatoms. The summed E-state index contributed by atoms with van der Waals surface area (Å²) in [6.45, 7) is 2.34. The Labute approximate surface area is 212 Å². The second-order valence-corrected chi connectivity index (χ2v) is 9.87. The number of nitrogens with zero attached hydrogens (tertiary/aromatic N) is 4. The van der Waals surface area contributed by atoms with Crippen molar-refractivity contribution in [2.45, 2.75) is 50.9 Å². The Kier molecular flexibility index (Phi) is 8.68. The number of ketones is 1. The number of imidazole rings is 1. The summed E-state index contributed by atoms with van der Waals surface area (Å²) < 4.78 is 0. The number of aromatic amines is 1. The summed E-state index contributed by atoms with van der Waals surface area (Å²) in [5.74, 6) is 0.588. The quantitative estimate of drug-likeness (QED) is 0.523. The Morgan fingerprint density at radius 3 is 2.75 bits per heavy atom. The maximum Gasteiger partial charge on any atom is 0.236 e. The van der Waals surface area contributed by atoms with E-state index in [0.29, 0.717) is 19.0 Å². The third kappa shape index (κ3) is 6.28. The lowest BCUT2D eigenvalue weighted by Crippen LogP contribution is -2.43. The molecule has 36 heavy (non-hydrogen) atoms. The van der Waals surface area contributed by atoms with Crippen LogP contribution in [0.1, 0.15) is 77.4 Å². The second kappa shape index (κ2) is 12.1. The number of nitriles is 1. The summed E-state index contributed by atoms with van der Waals surface area (Å²) in [5, 5.41) is 18.1. The fourth-order valence-corrected chi connectivity index (χ4v) is 5.20. The fourth-order valence-electron chi connectivity index (χ4n) is 5.20. The molecule has 1 aromatic carbocycles. The molecule has 8 nitrogen and oxygen atoms in total. The first-order valence-electron chi connectivity index (χ1n) is 12.9. The van der Waals surface area contributed by atoms with Gasteiger partial charge in [-0.2, -0.15) is 5.26 Å². The number of carbonyl (C=O) groups excluding carboxylic acids is 2. The van der Waals surface area contributed by atoms with Crippen molar-refractivity contribution in [1.82, 2.24) is 19.8 Å². The summed E-state index contributed by atoms with van der Waals surface area (Å²) in [6.07, 6.45) is 10.2. The minimum absolute atomic E-state index is 0.0502. The van der Waals surface area contributed by atoms with Crippen LogP contribution in [0.15, 0.2) is 30.5 Å². The van der Waals surface area contributed by atoms with Crippen LogP contribution in [0.3, 0.4) is 0 Å². The number of aliphatic hydroxyl groups excluding tert-OH is 1. The molecule has 0 radical (unpaired) electrons. The van der Waals surface area contributed by atoms with Crippen LogP contribution in [0.2, 0.25) is 0 Å². The van der Waals surface area contributed by atoms with Crippen LogP contribution >= 0.6 is 0 Å². The normalized spacial score (nSPS) is 16.6. The van der Waals surface area contributed by atoms with Crippen molar-refractivity contribution in [3.8, 4) is 6.07 Å². The van der Waals surface area contributed by atoms with Crippen molar-refractivity contribution in [3.63, 3.8) is 0 Å². The van der Waals surface area contributed by atoms with Gasteiger partial charge in [-0.05, 0) is 73.8 Å². The van der Waals surface area contributed by atoms with Gasteiger partial charge in [0.15, 0.2) is 5.82 Å². The molecule has 0 saturated carbocycles. The van der Waals surface area contributed by atoms with Gasteiger partial charge in [-0.3, -0.25) is 14.5 Å². The Bertz CT molecular complexity index is 1150. The molecule has 190 valence electrons. The molecule has 1 aliphatic heterocycles. The van der Waals surface area contributed by atoms with Crippen LogP contribution in [0, 0.1) is 11.3 Å². The standard InChI is InChI=1S/C28H35N5O3/c1-32(13-14-34)19-27(36)33-11-9-20(10-12-33)22-7-8-23(25(15-22)21-5-3-2-4-6-21)16-26(35)28-30-18-24(17-29)31-28/h5,7-8,15,18,20,34H,2-4,6,9-14,16,19H2,1H3,(H,30,31). The first-order chi connectivity index (χ1) is 17.5. The van der Waals surface area contributed by atoms with Crippen LogP contribution in [-0.4, -0.2) is 76.4 Å². The van der Waals surface area contributed by atoms with E-state index < -0.39 is 0 Å². The molecule has 2 aliphatic rings. The van der Waals surface area contributed by atoms with Crippen molar-refractivity contribution >= 4 is 17.3 Å². The number of hydrogen-bond acceptors (Lipinski definition) is 6. The molecule has 1 aliphatic carbocycles. The van der Waals surface area contributed by atoms with Gasteiger partial charge in [-0.15, -0.1) is 0 Å². The van der Waals surface area contributed by atoms with Crippen LogP contribution in [0.4, 0.5) is 0 Å². The third-order valence-corrected chi connectivity index (χ3v) is 7.29. The summed E-state index contributed by atoms with van der Waals surface area (Å²) in [7, 11) is 1.85. The zero-order valence-electron chi connectivity index (χ0n) is 21.0. The predicted molar refractivity (Wildman–Crippen MR) is 137 cm³/mol. The highest BCUT2D eigenvalue weighted by atomic mass is 16.3. The van der Waals surface area contributed by atoms with Crippen molar-refractivity contribution in [2.24, 2.45) is 0 Å². The van der Waals surface area contributed by atoms with Crippen LogP contribution in [0.5, 0.6) is 0 Å². The van der Waals surface area contributed by atoms with E-state index in [2.05, 4.69) is 34.2 Å². The fraction of sp³-hybridized carbons (Fsp3) is 0.500. The highest BCUT2D eigenvalue weighted by molar-refractivity contribution is 5.95. The predicted octanol–water partition coefficient (Wildman–Crippen LogP) is 3.29. The average Bonchev–Trinajstić information content (AvgIpc) is 3.39. The van der Waals surface area contributed by atoms with Crippen molar-refractivity contribution in [1.29, 1.82) is 5.26 Å². The first-order valence-corrected chi connectivity index (χ1v) is 12.9. The Morgan fingerprint density at radius 1 is 1.28 bits per heavy atom. The van der Waals surface area contributed by atoms with E-state index >= 15 is 0 Å². The van der Waals surface area contributed by atoms with Gasteiger partial charge in [0, 0.05) is 26.1 Å². The molecule has 2 aromatic rings. The molecule has 2 heterocycles. The molecular formula is C28H35N5O3. The first kappa shape index (κ1) is 25.8. The number of allylic oxidation sites excluding steroid dienone is 2. The van der Waals surface area contributed by atoms with Gasteiger partial charge < -0.3 is 15.0 Å². The van der Waals surface area contributed by atoms with E-state index in [1.54, 1.807) is 0 Å². The Morgan fingerprint density at radius 2 is 2.08 bits per heavy atom. The number of H-pyrrole nitrogens is 1. The van der Waals surface area contributed by atoms with Crippen molar-refractivity contribution < 1.29 is 14.7 Å². The van der Waals surface area contributed by atoms with E-state index in [0.717, 1.165) is 56.3 Å². The number of aliphatic hydroxyl groups is 1. The lowest BCUT2D eigenvalue weighted by Gasteiger charge is -2.33. The molecule has 1 fully saturated rings. The summed E-state index contributed by atoms with van der Waals surface area (Å²) in [5.41, 5.74) is 5.00. The smallest absolute Gasteiger partial charge is 0.236 e. The molecule has 0 bridgehead atoms. The van der Waals surface area contributed by atoms with E-state index in [1.165, 1.54) is 23.8 Å². The van der Waals surface area contributed by atoms with Gasteiger partial charge in [0.2, 0.25) is 11.7 Å². The Hall–Kier alpha value is -3.28. The molecule has 0 spiro atoms. The molecule has 0 atom stereocenters. The highest BCUT2D eigenvalue weighted by Gasteiger charge is 2.25. The van der Waals surface area contributed by atoms with Crippen LogP contribution < -0.4 is 0 Å². The maximum atomic E-state index is 12.9. The summed E-state index contributed by atoms with van der Waals surface area (Å²) in [6, 6.07) is 8.46. The van der Waals surface area contributed by atoms with Gasteiger partial charge in [0.05, 0.1) is 19.3 Å². The number of amides is 1. The molecule has 2 N–H and O–H groups in total. The van der Waals surface area contributed by atoms with Crippen molar-refractivity contribution in [2.75, 3.05) is 39.8 Å². The topological polar surface area (TPSA) is 113 Å². The number of aromatic nitrogens is 2. The van der Waals surface area contributed by atoms with Crippen LogP contribution in [0.25, 0.3) is 5.57 Å². The lowest BCUT2D eigenvalue weighted by molar-refractivity contribution is -0.133. The van der Waals surface area contributed by atoms with E-state index in [9.17, 15) is 9.59 Å². The van der Waals surface area contributed by atoms with Gasteiger partial charge in [0.25, 0.3) is 0 Å². The molecular weight excluding hydrogens is 454 g/mol. The van der Waals surface area contributed by atoms with Gasteiger partial charge in [0.1, 0.15) is 11.8 Å². The summed E-state index contributed by atoms with van der Waals surface area (Å²) in [4.78, 5) is 36.2. The number of likely N-dealkylation sites (tertiary alicyclic amines) is 1. The Balaban J connectivity index is 1.48. The number of rotatable bonds is 9. The molecule has 1 saturated heterocycles. The summed E-state index contributed by atoms with van der Waals surface area (Å²) >= 11 is 0. The average molecular weight is 490 g/mol. The number of carbonyl (C=O) groups is 2. The number of Topliss-reactive ketones (excluding diaryl/α,β-unsaturated/α-hetero) is 1. The van der Waals surface area contributed by atoms with Crippen molar-refractivity contribution in [3.05, 3.63) is 58.7 Å². The molecule has 1 amide bonds. The lowest BCUT2D eigenvalue weighted by atomic mass is 9.83. The number of hydrogen-bond donors (Lipinski definition) is 2. The van der Waals surface area contributed by atoms with Gasteiger partial charge in [-0.1, -0.05) is 24.3 Å². The number of piperidine rings is 1. The number of nitrogens with one attached hydrogen (secondary N) is 1. The third-order valence-electron chi connectivity index (χ3n) is 7.29. The largest absolute Gasteiger partial charge is 0.395 e. The van der Waals surface area contributed by atoms with E-state index in [1.807, 2.05) is 22.9 Å². The highest BCUT2D eigenvalue weighted by Crippen LogP contribution is 2.35. The molecule has 4 rings (SSSR count). The van der Waals surface area contributed by atoms with E-state index in [4.69, 9.17) is 10.4 Å². The zero-order valence-corrected chi connectivity index (χ0v) is 21.0. The number of likely N-dealkylation sites (N-methyl/N-ethyl adjacent to an activating group) is 1. The second-order valence-electron chi connectivity index (χ2n) is 9.87. The minimum Gasteiger partial charge on any atom is -0.395 e. The molecule has 1 aromatic heterocycles. The number of benzene rings is 1. The molecule has 0 unspecified atom stereocenters. The van der Waals surface area contributed by atoms with Crippen LogP contribution in [-0.2, 0) is 11.2 Å². The maximum absolute atomic E-state index is 12.9. The van der Waals surface area contributed by atoms with Gasteiger partial charge in [-0.25, -0.2) is 4.98 Å². The van der Waals surface area contributed by atoms with E-state index in [-0.39, 0.29) is 36.2 Å². The van der Waals surface area contributed by atoms with Gasteiger partial charge >= 0.3 is 0 Å². The minimum atomic E-state index is -0.125. The zero-order chi connectivity index (χ0) is 25.5. The SMILES string of the molecule is CN(CCO)CC(=O)N1CCC(c2ccc(CC(=O)c3ncc(C#N)[nH]3)c(C3=CCCCC3)c2)CC1. The monoisotopic (exact) mass is 489 g/mol.